The highest BCUT2D eigenvalue weighted by Gasteiger charge is 2.06. The number of hydrogen-bond donors (Lipinski definition) is 2. The Kier molecular flexibility index (Phi) is 9.91. The number of aliphatic imine (C=N–C) groups is 1. The van der Waals surface area contributed by atoms with Crippen LogP contribution in [-0.4, -0.2) is 50.6 Å². The lowest BCUT2D eigenvalue weighted by atomic mass is 10.1. The highest BCUT2D eigenvalue weighted by atomic mass is 32.1. The van der Waals surface area contributed by atoms with Crippen LogP contribution in [0.5, 0.6) is 0 Å². The first-order valence-corrected chi connectivity index (χ1v) is 9.26. The van der Waals surface area contributed by atoms with E-state index in [9.17, 15) is 0 Å². The van der Waals surface area contributed by atoms with Gasteiger partial charge in [0.1, 0.15) is 0 Å². The van der Waals surface area contributed by atoms with Gasteiger partial charge in [-0.1, -0.05) is 26.8 Å². The maximum Gasteiger partial charge on any atom is 0.190 e. The van der Waals surface area contributed by atoms with Gasteiger partial charge in [0.25, 0.3) is 0 Å². The predicted octanol–water partition coefficient (Wildman–Crippen LogP) is 2.82. The van der Waals surface area contributed by atoms with Gasteiger partial charge in [-0.3, -0.25) is 4.99 Å². The highest BCUT2D eigenvalue weighted by molar-refractivity contribution is 7.09. The molecule has 0 aliphatic rings. The van der Waals surface area contributed by atoms with Crippen LogP contribution in [0.3, 0.4) is 0 Å². The highest BCUT2D eigenvalue weighted by Crippen LogP contribution is 2.13. The van der Waals surface area contributed by atoms with Crippen LogP contribution in [-0.2, 0) is 6.42 Å². The summed E-state index contributed by atoms with van der Waals surface area (Å²) in [6.07, 6.45) is 2.27. The molecule has 0 aliphatic carbocycles. The Bertz CT molecular complexity index is 399. The van der Waals surface area contributed by atoms with E-state index in [1.807, 2.05) is 18.4 Å². The van der Waals surface area contributed by atoms with E-state index in [1.165, 1.54) is 4.88 Å². The van der Waals surface area contributed by atoms with Crippen LogP contribution in [0.25, 0.3) is 0 Å². The molecule has 126 valence electrons. The van der Waals surface area contributed by atoms with Crippen molar-refractivity contribution in [2.24, 2.45) is 10.9 Å². The zero-order chi connectivity index (χ0) is 16.2. The Labute approximate surface area is 140 Å². The van der Waals surface area contributed by atoms with Gasteiger partial charge < -0.3 is 15.5 Å². The van der Waals surface area contributed by atoms with Crippen LogP contribution in [0, 0.1) is 5.92 Å². The minimum atomic E-state index is 0.605. The molecule has 0 bridgehead atoms. The summed E-state index contributed by atoms with van der Waals surface area (Å²) in [6, 6.07) is 4.33. The molecule has 0 spiro atoms. The molecule has 2 N–H and O–H groups in total. The summed E-state index contributed by atoms with van der Waals surface area (Å²) in [5.41, 5.74) is 0. The fraction of sp³-hybridized carbons (Fsp3) is 0.706. The molecule has 0 aromatic carbocycles. The summed E-state index contributed by atoms with van der Waals surface area (Å²) >= 11 is 1.84. The number of rotatable bonds is 10. The third-order valence-electron chi connectivity index (χ3n) is 3.81. The Morgan fingerprint density at radius 3 is 2.68 bits per heavy atom. The van der Waals surface area contributed by atoms with Gasteiger partial charge in [0, 0.05) is 25.0 Å². The Balaban J connectivity index is 2.16. The first kappa shape index (κ1) is 19.0. The molecule has 1 rings (SSSR count). The van der Waals surface area contributed by atoms with Gasteiger partial charge in [0.2, 0.25) is 0 Å². The lowest BCUT2D eigenvalue weighted by molar-refractivity contribution is 0.300. The van der Waals surface area contributed by atoms with Gasteiger partial charge in [-0.2, -0.15) is 0 Å². The summed E-state index contributed by atoms with van der Waals surface area (Å²) < 4.78 is 0. The second-order valence-electron chi connectivity index (χ2n) is 5.65. The van der Waals surface area contributed by atoms with Crippen molar-refractivity contribution >= 4 is 17.3 Å². The Morgan fingerprint density at radius 2 is 2.09 bits per heavy atom. The molecule has 5 heteroatoms. The number of nitrogens with one attached hydrogen (secondary N) is 2. The lowest BCUT2D eigenvalue weighted by Gasteiger charge is -2.19. The molecule has 0 radical (unpaired) electrons. The summed E-state index contributed by atoms with van der Waals surface area (Å²) in [4.78, 5) is 8.20. The molecule has 1 aromatic heterocycles. The fourth-order valence-corrected chi connectivity index (χ4v) is 3.25. The Morgan fingerprint density at radius 1 is 1.32 bits per heavy atom. The van der Waals surface area contributed by atoms with Crippen molar-refractivity contribution in [2.75, 3.05) is 39.8 Å². The smallest absolute Gasteiger partial charge is 0.190 e. The van der Waals surface area contributed by atoms with E-state index in [2.05, 4.69) is 58.8 Å². The van der Waals surface area contributed by atoms with Crippen LogP contribution >= 0.6 is 11.3 Å². The number of thiophene rings is 1. The molecule has 1 atom stereocenters. The van der Waals surface area contributed by atoms with Gasteiger partial charge in [0.05, 0.1) is 0 Å². The molecule has 0 saturated heterocycles. The molecule has 0 amide bonds. The molecule has 1 heterocycles. The summed E-state index contributed by atoms with van der Waals surface area (Å²) in [5, 5.41) is 8.97. The quantitative estimate of drug-likeness (QED) is 0.395. The topological polar surface area (TPSA) is 39.7 Å². The molecular weight excluding hydrogens is 292 g/mol. The first-order valence-electron chi connectivity index (χ1n) is 8.38. The lowest BCUT2D eigenvalue weighted by Crippen LogP contribution is -2.40. The third-order valence-corrected chi connectivity index (χ3v) is 4.71. The average Bonchev–Trinajstić information content (AvgIpc) is 3.03. The maximum absolute atomic E-state index is 4.30. The first-order chi connectivity index (χ1) is 10.7. The molecule has 22 heavy (non-hydrogen) atoms. The van der Waals surface area contributed by atoms with Crippen molar-refractivity contribution in [3.63, 3.8) is 0 Å². The SMILES string of the molecule is CCN(CC)CCCNC(=NC)NCC(C)Cc1cccs1. The maximum atomic E-state index is 4.30. The molecule has 0 aliphatic heterocycles. The van der Waals surface area contributed by atoms with E-state index in [-0.39, 0.29) is 0 Å². The van der Waals surface area contributed by atoms with Crippen molar-refractivity contribution < 1.29 is 0 Å². The van der Waals surface area contributed by atoms with Crippen molar-refractivity contribution in [2.45, 2.75) is 33.6 Å². The molecule has 1 unspecified atom stereocenters. The molecule has 1 aromatic rings. The van der Waals surface area contributed by atoms with E-state index >= 15 is 0 Å². The fourth-order valence-electron chi connectivity index (χ4n) is 2.39. The number of guanidine groups is 1. The normalized spacial score (nSPS) is 13.4. The van der Waals surface area contributed by atoms with Crippen molar-refractivity contribution in [1.29, 1.82) is 0 Å². The summed E-state index contributed by atoms with van der Waals surface area (Å²) in [7, 11) is 1.84. The molecule has 0 fully saturated rings. The molecular formula is C17H32N4S. The van der Waals surface area contributed by atoms with Crippen molar-refractivity contribution in [1.82, 2.24) is 15.5 Å². The second kappa shape index (κ2) is 11.5. The van der Waals surface area contributed by atoms with Crippen molar-refractivity contribution in [3.8, 4) is 0 Å². The van der Waals surface area contributed by atoms with Crippen LogP contribution in [0.2, 0.25) is 0 Å². The zero-order valence-electron chi connectivity index (χ0n) is 14.6. The van der Waals surface area contributed by atoms with Gasteiger partial charge >= 0.3 is 0 Å². The zero-order valence-corrected chi connectivity index (χ0v) is 15.4. The second-order valence-corrected chi connectivity index (χ2v) is 6.68. The monoisotopic (exact) mass is 324 g/mol. The minimum Gasteiger partial charge on any atom is -0.356 e. The van der Waals surface area contributed by atoms with E-state index in [1.54, 1.807) is 0 Å². The van der Waals surface area contributed by atoms with Crippen LogP contribution in [0.15, 0.2) is 22.5 Å². The van der Waals surface area contributed by atoms with Crippen LogP contribution in [0.1, 0.15) is 32.1 Å². The van der Waals surface area contributed by atoms with Crippen LogP contribution < -0.4 is 10.6 Å². The van der Waals surface area contributed by atoms with E-state index in [0.717, 1.165) is 51.5 Å². The number of hydrogen-bond acceptors (Lipinski definition) is 3. The molecule has 0 saturated carbocycles. The average molecular weight is 325 g/mol. The Hall–Kier alpha value is -1.07. The minimum absolute atomic E-state index is 0.605. The van der Waals surface area contributed by atoms with Crippen LogP contribution in [0.4, 0.5) is 0 Å². The summed E-state index contributed by atoms with van der Waals surface area (Å²) in [6.45, 7) is 12.0. The van der Waals surface area contributed by atoms with Gasteiger partial charge in [0.15, 0.2) is 5.96 Å². The van der Waals surface area contributed by atoms with E-state index in [0.29, 0.717) is 5.92 Å². The van der Waals surface area contributed by atoms with Gasteiger partial charge in [-0.05, 0) is 49.8 Å². The number of nitrogens with zero attached hydrogens (tertiary/aromatic N) is 2. The molecule has 4 nitrogen and oxygen atoms in total. The predicted molar refractivity (Wildman–Crippen MR) is 99.0 cm³/mol. The van der Waals surface area contributed by atoms with Gasteiger partial charge in [-0.25, -0.2) is 0 Å². The van der Waals surface area contributed by atoms with Crippen molar-refractivity contribution in [3.05, 3.63) is 22.4 Å². The van der Waals surface area contributed by atoms with Gasteiger partial charge in [-0.15, -0.1) is 11.3 Å². The van der Waals surface area contributed by atoms with E-state index < -0.39 is 0 Å². The third kappa shape index (κ3) is 7.80. The standard InChI is InChI=1S/C17H32N4S/c1-5-21(6-2)11-8-10-19-17(18-4)20-14-15(3)13-16-9-7-12-22-16/h7,9,12,15H,5-6,8,10-11,13-14H2,1-4H3,(H2,18,19,20). The van der Waals surface area contributed by atoms with E-state index in [4.69, 9.17) is 0 Å². The summed E-state index contributed by atoms with van der Waals surface area (Å²) in [5.74, 6) is 1.52. The largest absolute Gasteiger partial charge is 0.356 e.